The van der Waals surface area contributed by atoms with Gasteiger partial charge in [-0.2, -0.15) is 5.10 Å². The van der Waals surface area contributed by atoms with Crippen molar-refractivity contribution in [2.24, 2.45) is 0 Å². The summed E-state index contributed by atoms with van der Waals surface area (Å²) in [5.41, 5.74) is 1.31. The summed E-state index contributed by atoms with van der Waals surface area (Å²) in [6, 6.07) is 7.11. The zero-order chi connectivity index (χ0) is 20.5. The summed E-state index contributed by atoms with van der Waals surface area (Å²) in [4.78, 5) is 29.0. The number of phenolic OH excluding ortho intramolecular Hbond substituents is 1. The molecule has 0 aliphatic carbocycles. The molecule has 9 heteroatoms. The van der Waals surface area contributed by atoms with Crippen molar-refractivity contribution in [3.05, 3.63) is 46.1 Å². The van der Waals surface area contributed by atoms with Gasteiger partial charge in [-0.05, 0) is 38.1 Å². The van der Waals surface area contributed by atoms with E-state index in [1.165, 1.54) is 0 Å². The van der Waals surface area contributed by atoms with Gasteiger partial charge in [-0.1, -0.05) is 0 Å². The van der Waals surface area contributed by atoms with Gasteiger partial charge in [0.2, 0.25) is 11.8 Å². The fourth-order valence-corrected chi connectivity index (χ4v) is 3.73. The minimum absolute atomic E-state index is 0.164. The van der Waals surface area contributed by atoms with Gasteiger partial charge in [0.15, 0.2) is 0 Å². The molecule has 4 rings (SSSR count). The number of carbonyl (C=O) groups is 1. The normalized spacial score (nSPS) is 15.0. The lowest BCUT2D eigenvalue weighted by Gasteiger charge is -2.35. The Hall–Kier alpha value is -3.33. The third kappa shape index (κ3) is 3.81. The van der Waals surface area contributed by atoms with E-state index in [2.05, 4.69) is 25.3 Å². The molecule has 1 aromatic carbocycles. The van der Waals surface area contributed by atoms with Gasteiger partial charge in [-0.3, -0.25) is 19.8 Å². The highest BCUT2D eigenvalue weighted by Gasteiger charge is 2.22. The second kappa shape index (κ2) is 7.59. The number of fused-ring (bicyclic) bond motifs is 1. The quantitative estimate of drug-likeness (QED) is 0.612. The standard InChI is InChI=1S/C20H23N5O4/c1-12-17-13(2)29-20(18(17)19(28)23-22-12)21-16(27)11-24-7-9-25(10-8-24)14-3-5-15(26)6-4-14/h3-6,26H,7-11H2,1-2H3,(H,21,27)(H,23,28). The van der Waals surface area contributed by atoms with Crippen molar-refractivity contribution < 1.29 is 14.3 Å². The lowest BCUT2D eigenvalue weighted by molar-refractivity contribution is -0.117. The number of hydrogen-bond donors (Lipinski definition) is 3. The molecule has 0 radical (unpaired) electrons. The number of nitrogens with zero attached hydrogens (tertiary/aromatic N) is 3. The number of amides is 1. The third-order valence-electron chi connectivity index (χ3n) is 5.21. The first-order chi connectivity index (χ1) is 13.9. The molecule has 0 spiro atoms. The van der Waals surface area contributed by atoms with E-state index in [9.17, 15) is 14.7 Å². The van der Waals surface area contributed by atoms with Gasteiger partial charge in [0, 0.05) is 31.9 Å². The molecule has 152 valence electrons. The van der Waals surface area contributed by atoms with Gasteiger partial charge in [0.05, 0.1) is 17.6 Å². The minimum atomic E-state index is -0.389. The first-order valence-corrected chi connectivity index (χ1v) is 9.47. The second-order valence-corrected chi connectivity index (χ2v) is 7.20. The maximum absolute atomic E-state index is 12.5. The largest absolute Gasteiger partial charge is 0.508 e. The molecule has 0 unspecified atom stereocenters. The van der Waals surface area contributed by atoms with Gasteiger partial charge in [-0.25, -0.2) is 5.10 Å². The molecule has 3 heterocycles. The van der Waals surface area contributed by atoms with Crippen molar-refractivity contribution in [2.45, 2.75) is 13.8 Å². The first-order valence-electron chi connectivity index (χ1n) is 9.47. The van der Waals surface area contributed by atoms with Crippen LogP contribution in [0.15, 0.2) is 33.5 Å². The molecule has 29 heavy (non-hydrogen) atoms. The Morgan fingerprint density at radius 3 is 2.55 bits per heavy atom. The van der Waals surface area contributed by atoms with Crippen LogP contribution in [0, 0.1) is 13.8 Å². The molecule has 0 saturated carbocycles. The average Bonchev–Trinajstić information content (AvgIpc) is 3.03. The van der Waals surface area contributed by atoms with Crippen molar-refractivity contribution >= 4 is 28.3 Å². The van der Waals surface area contributed by atoms with Gasteiger partial charge < -0.3 is 14.4 Å². The molecule has 1 aliphatic heterocycles. The smallest absolute Gasteiger partial charge is 0.277 e. The maximum Gasteiger partial charge on any atom is 0.277 e. The number of hydrogen-bond acceptors (Lipinski definition) is 7. The van der Waals surface area contributed by atoms with E-state index in [1.807, 2.05) is 12.1 Å². The Balaban J connectivity index is 1.39. The topological polar surface area (TPSA) is 115 Å². The van der Waals surface area contributed by atoms with Crippen molar-refractivity contribution in [3.8, 4) is 5.75 Å². The lowest BCUT2D eigenvalue weighted by atomic mass is 10.2. The number of aryl methyl sites for hydroxylation is 2. The average molecular weight is 397 g/mol. The van der Waals surface area contributed by atoms with Gasteiger partial charge >= 0.3 is 0 Å². The molecule has 1 fully saturated rings. The molecular formula is C20H23N5O4. The van der Waals surface area contributed by atoms with Gasteiger partial charge in [0.25, 0.3) is 5.56 Å². The van der Waals surface area contributed by atoms with Crippen molar-refractivity contribution in [1.82, 2.24) is 15.1 Å². The highest BCUT2D eigenvalue weighted by molar-refractivity contribution is 6.01. The predicted molar refractivity (Wildman–Crippen MR) is 109 cm³/mol. The van der Waals surface area contributed by atoms with Crippen molar-refractivity contribution in [1.29, 1.82) is 0 Å². The Morgan fingerprint density at radius 1 is 1.17 bits per heavy atom. The van der Waals surface area contributed by atoms with E-state index < -0.39 is 0 Å². The predicted octanol–water partition coefficient (Wildman–Crippen LogP) is 1.60. The molecule has 2 aromatic heterocycles. The SMILES string of the molecule is Cc1n[nH]c(=O)c2c(NC(=O)CN3CCN(c4ccc(O)cc4)CC3)oc(C)c12. The van der Waals surface area contributed by atoms with Gasteiger partial charge in [0.1, 0.15) is 16.9 Å². The summed E-state index contributed by atoms with van der Waals surface area (Å²) in [6.45, 7) is 6.77. The lowest BCUT2D eigenvalue weighted by Crippen LogP contribution is -2.48. The number of piperazine rings is 1. The molecule has 1 aliphatic rings. The van der Waals surface area contributed by atoms with Crippen LogP contribution in [0.5, 0.6) is 5.75 Å². The van der Waals surface area contributed by atoms with Crippen LogP contribution in [0.1, 0.15) is 11.5 Å². The number of rotatable bonds is 4. The number of benzene rings is 1. The minimum Gasteiger partial charge on any atom is -0.508 e. The summed E-state index contributed by atoms with van der Waals surface area (Å²) in [5.74, 6) is 0.730. The number of aromatic hydroxyl groups is 1. The van der Waals surface area contributed by atoms with E-state index in [-0.39, 0.29) is 29.6 Å². The Labute approximate surface area is 166 Å². The summed E-state index contributed by atoms with van der Waals surface area (Å²) < 4.78 is 5.63. The fraction of sp³-hybridized carbons (Fsp3) is 0.350. The number of phenols is 1. The molecule has 3 N–H and O–H groups in total. The molecule has 1 amide bonds. The molecule has 9 nitrogen and oxygen atoms in total. The van der Waals surface area contributed by atoms with Gasteiger partial charge in [-0.15, -0.1) is 0 Å². The highest BCUT2D eigenvalue weighted by Crippen LogP contribution is 2.28. The highest BCUT2D eigenvalue weighted by atomic mass is 16.4. The van der Waals surface area contributed by atoms with Crippen LogP contribution < -0.4 is 15.8 Å². The zero-order valence-corrected chi connectivity index (χ0v) is 16.4. The van der Waals surface area contributed by atoms with Crippen LogP contribution >= 0.6 is 0 Å². The maximum atomic E-state index is 12.5. The number of furan rings is 1. The fourth-order valence-electron chi connectivity index (χ4n) is 3.73. The number of aromatic nitrogens is 2. The molecule has 0 bridgehead atoms. The Kier molecular flexibility index (Phi) is 4.98. The molecule has 0 atom stereocenters. The monoisotopic (exact) mass is 397 g/mol. The van der Waals surface area contributed by atoms with E-state index >= 15 is 0 Å². The number of nitrogens with one attached hydrogen (secondary N) is 2. The summed E-state index contributed by atoms with van der Waals surface area (Å²) in [5, 5.41) is 19.5. The van der Waals surface area contributed by atoms with Crippen LogP contribution in [0.2, 0.25) is 0 Å². The van der Waals surface area contributed by atoms with E-state index in [0.29, 0.717) is 22.2 Å². The second-order valence-electron chi connectivity index (χ2n) is 7.20. The number of anilines is 2. The zero-order valence-electron chi connectivity index (χ0n) is 16.4. The van der Waals surface area contributed by atoms with E-state index in [0.717, 1.165) is 31.9 Å². The summed E-state index contributed by atoms with van der Waals surface area (Å²) >= 11 is 0. The number of aromatic amines is 1. The van der Waals surface area contributed by atoms with Crippen LogP contribution in [0.4, 0.5) is 11.6 Å². The van der Waals surface area contributed by atoms with Crippen molar-refractivity contribution in [2.75, 3.05) is 42.9 Å². The van der Waals surface area contributed by atoms with Crippen LogP contribution in [0.3, 0.4) is 0 Å². The van der Waals surface area contributed by atoms with Crippen LogP contribution in [-0.2, 0) is 4.79 Å². The Morgan fingerprint density at radius 2 is 1.86 bits per heavy atom. The summed E-state index contributed by atoms with van der Waals surface area (Å²) in [6.07, 6.45) is 0. The number of H-pyrrole nitrogens is 1. The van der Waals surface area contributed by atoms with Crippen LogP contribution in [0.25, 0.3) is 10.8 Å². The number of carbonyl (C=O) groups excluding carboxylic acids is 1. The van der Waals surface area contributed by atoms with E-state index in [1.54, 1.807) is 26.0 Å². The molecule has 3 aromatic rings. The Bertz CT molecular complexity index is 1090. The van der Waals surface area contributed by atoms with Crippen LogP contribution in [-0.4, -0.2) is 58.8 Å². The molecule has 1 saturated heterocycles. The first kappa shape index (κ1) is 19.0. The van der Waals surface area contributed by atoms with Crippen molar-refractivity contribution in [3.63, 3.8) is 0 Å². The molecular weight excluding hydrogens is 374 g/mol. The van der Waals surface area contributed by atoms with E-state index in [4.69, 9.17) is 4.42 Å². The summed E-state index contributed by atoms with van der Waals surface area (Å²) in [7, 11) is 0. The third-order valence-corrected chi connectivity index (χ3v) is 5.21.